The van der Waals surface area contributed by atoms with Crippen molar-refractivity contribution in [2.45, 2.75) is 110 Å². The summed E-state index contributed by atoms with van der Waals surface area (Å²) in [7, 11) is 0. The number of nitrogens with one attached hydrogen (secondary N) is 1. The van der Waals surface area contributed by atoms with Gasteiger partial charge in [0.05, 0.1) is 60.6 Å². The molecule has 290 valence electrons. The number of carbonyl (C=O) groups excluding carboxylic acids is 1. The fraction of sp³-hybridized carbons (Fsp3) is 0.524. The minimum atomic E-state index is -0.581. The molecule has 12 heteroatoms. The van der Waals surface area contributed by atoms with Crippen molar-refractivity contribution >= 4 is 16.9 Å². The van der Waals surface area contributed by atoms with Gasteiger partial charge in [-0.25, -0.2) is 14.4 Å². The molecule has 6 rings (SSSR count). The summed E-state index contributed by atoms with van der Waals surface area (Å²) in [5.74, 6) is 1.05. The zero-order chi connectivity index (χ0) is 38.9. The van der Waals surface area contributed by atoms with E-state index in [4.69, 9.17) is 35.2 Å². The van der Waals surface area contributed by atoms with E-state index in [0.29, 0.717) is 43.3 Å². The number of nitrogens with two attached hydrogens (primary N) is 1. The van der Waals surface area contributed by atoms with E-state index in [1.54, 1.807) is 18.2 Å². The molecule has 2 saturated heterocycles. The van der Waals surface area contributed by atoms with Crippen LogP contribution in [0.5, 0.6) is 5.88 Å². The molecule has 4 aromatic rings. The molecule has 2 aliphatic heterocycles. The molecular weight excluding hydrogens is 686 g/mol. The second-order valence-electron chi connectivity index (χ2n) is 15.5. The predicted octanol–water partition coefficient (Wildman–Crippen LogP) is 6.87. The van der Waals surface area contributed by atoms with Gasteiger partial charge in [-0.15, -0.1) is 0 Å². The summed E-state index contributed by atoms with van der Waals surface area (Å²) in [6, 6.07) is 17.8. The molecule has 3 N–H and O–H groups in total. The maximum Gasteiger partial charge on any atom is 0.251 e. The van der Waals surface area contributed by atoms with E-state index in [9.17, 15) is 9.18 Å². The molecule has 0 saturated carbocycles. The van der Waals surface area contributed by atoms with E-state index in [1.165, 1.54) is 6.07 Å². The second-order valence-corrected chi connectivity index (χ2v) is 15.5. The van der Waals surface area contributed by atoms with Gasteiger partial charge in [0.15, 0.2) is 0 Å². The van der Waals surface area contributed by atoms with Gasteiger partial charge >= 0.3 is 0 Å². The van der Waals surface area contributed by atoms with E-state index in [0.717, 1.165) is 67.9 Å². The molecule has 11 nitrogen and oxygen atoms in total. The van der Waals surface area contributed by atoms with Crippen molar-refractivity contribution < 1.29 is 23.4 Å². The number of amides is 1. The van der Waals surface area contributed by atoms with Gasteiger partial charge in [-0.3, -0.25) is 9.69 Å². The summed E-state index contributed by atoms with van der Waals surface area (Å²) in [6.45, 7) is 16.4. The first-order valence-corrected chi connectivity index (χ1v) is 19.2. The van der Waals surface area contributed by atoms with E-state index in [-0.39, 0.29) is 30.1 Å². The molecule has 0 bridgehead atoms. The Bertz CT molecular complexity index is 1910. The Morgan fingerprint density at radius 1 is 1.06 bits per heavy atom. The van der Waals surface area contributed by atoms with Crippen LogP contribution in [0, 0.1) is 17.1 Å². The van der Waals surface area contributed by atoms with Crippen LogP contribution in [0.4, 0.5) is 4.39 Å². The number of benzene rings is 2. The molecule has 0 aliphatic carbocycles. The number of aromatic nitrogens is 3. The Morgan fingerprint density at radius 2 is 1.85 bits per heavy atom. The van der Waals surface area contributed by atoms with Gasteiger partial charge in [-0.05, 0) is 103 Å². The van der Waals surface area contributed by atoms with Crippen molar-refractivity contribution in [2.24, 2.45) is 5.73 Å². The summed E-state index contributed by atoms with van der Waals surface area (Å²) >= 11 is 0. The Hall–Kier alpha value is -4.41. The number of imidazole rings is 1. The Kier molecular flexibility index (Phi) is 13.8. The largest absolute Gasteiger partial charge is 0.473 e. The van der Waals surface area contributed by atoms with Crippen molar-refractivity contribution in [1.82, 2.24) is 24.8 Å². The van der Waals surface area contributed by atoms with Gasteiger partial charge in [0.2, 0.25) is 5.88 Å². The normalized spacial score (nSPS) is 17.8. The highest BCUT2D eigenvalue weighted by Gasteiger charge is 2.27. The van der Waals surface area contributed by atoms with Gasteiger partial charge in [0.25, 0.3) is 5.91 Å². The molecular formula is C42H56FN7O4. The van der Waals surface area contributed by atoms with Crippen LogP contribution >= 0.6 is 0 Å². The van der Waals surface area contributed by atoms with Crippen LogP contribution in [0.15, 0.2) is 54.6 Å². The molecule has 2 aromatic heterocycles. The number of halogens is 1. The van der Waals surface area contributed by atoms with Crippen LogP contribution in [-0.2, 0) is 29.2 Å². The summed E-state index contributed by atoms with van der Waals surface area (Å²) in [6.07, 6.45) is 4.05. The predicted molar refractivity (Wildman–Crippen MR) is 208 cm³/mol. The van der Waals surface area contributed by atoms with Crippen LogP contribution in [0.3, 0.4) is 0 Å². The van der Waals surface area contributed by atoms with Crippen molar-refractivity contribution in [2.75, 3.05) is 32.9 Å². The third-order valence-corrected chi connectivity index (χ3v) is 9.56. The lowest BCUT2D eigenvalue weighted by Crippen LogP contribution is -2.48. The number of pyridine rings is 1. The number of hydrogen-bond acceptors (Lipinski definition) is 9. The number of carbonyl (C=O) groups is 1. The third kappa shape index (κ3) is 11.1. The van der Waals surface area contributed by atoms with Gasteiger partial charge in [0.1, 0.15) is 18.2 Å². The minimum Gasteiger partial charge on any atom is -0.473 e. The highest BCUT2D eigenvalue weighted by Crippen LogP contribution is 2.30. The number of fused-ring (bicyclic) bond motifs is 1. The molecule has 0 spiro atoms. The molecule has 4 heterocycles. The number of hydrogen-bond donors (Lipinski definition) is 2. The van der Waals surface area contributed by atoms with Crippen LogP contribution < -0.4 is 15.8 Å². The number of ether oxygens (including phenoxy) is 3. The molecule has 1 amide bonds. The quantitative estimate of drug-likeness (QED) is 0.142. The Balaban J connectivity index is 0.00000276. The lowest BCUT2D eigenvalue weighted by Gasteiger charge is -2.29. The SMILES string of the molecule is CC.CC(C)(N)COCC(C)(C)NC(=O)c1ccc2nc(CN3CCCC(c4cccc(OCc5ccc(C#N)cc5F)n4)CC3)n(CC3CCO3)c2c1. The lowest BCUT2D eigenvalue weighted by atomic mass is 9.96. The van der Waals surface area contributed by atoms with E-state index < -0.39 is 16.9 Å². The van der Waals surface area contributed by atoms with Crippen LogP contribution in [0.2, 0.25) is 0 Å². The molecule has 2 aromatic carbocycles. The van der Waals surface area contributed by atoms with E-state index in [2.05, 4.69) is 14.8 Å². The zero-order valence-corrected chi connectivity index (χ0v) is 32.7. The zero-order valence-electron chi connectivity index (χ0n) is 32.7. The Labute approximate surface area is 319 Å². The highest BCUT2D eigenvalue weighted by molar-refractivity contribution is 5.97. The van der Waals surface area contributed by atoms with Crippen LogP contribution in [0.25, 0.3) is 11.0 Å². The van der Waals surface area contributed by atoms with Crippen molar-refractivity contribution in [3.8, 4) is 11.9 Å². The van der Waals surface area contributed by atoms with Gasteiger partial charge in [0, 0.05) is 41.0 Å². The minimum absolute atomic E-state index is 0.0340. The number of nitriles is 1. The third-order valence-electron chi connectivity index (χ3n) is 9.56. The fourth-order valence-electron chi connectivity index (χ4n) is 6.69. The monoisotopic (exact) mass is 741 g/mol. The van der Waals surface area contributed by atoms with Crippen molar-refractivity contribution in [1.29, 1.82) is 5.26 Å². The molecule has 0 radical (unpaired) electrons. The fourth-order valence-corrected chi connectivity index (χ4v) is 6.69. The first-order valence-electron chi connectivity index (χ1n) is 19.2. The van der Waals surface area contributed by atoms with Crippen LogP contribution in [-0.4, -0.2) is 75.4 Å². The van der Waals surface area contributed by atoms with E-state index in [1.807, 2.05) is 77.9 Å². The number of likely N-dealkylation sites (tertiary alicyclic amines) is 1. The first-order chi connectivity index (χ1) is 25.9. The summed E-state index contributed by atoms with van der Waals surface area (Å²) < 4.78 is 34.1. The maximum atomic E-state index is 14.4. The standard InChI is InChI=1S/C40H50FN7O4.C2H6/c1-39(2,43)25-50-26-40(3,4)46-38(49)29-12-13-34-35(20-29)48(22-31-15-18-51-31)36(44-34)23-47-16-6-7-28(14-17-47)33-8-5-9-37(45-33)52-24-30-11-10-27(21-42)19-32(30)41;1-2/h5,8-13,19-20,28,31H,6-7,14-18,22-26,43H2,1-4H3,(H,46,49);1-2H3. The van der Waals surface area contributed by atoms with Crippen molar-refractivity contribution in [3.63, 3.8) is 0 Å². The molecule has 54 heavy (non-hydrogen) atoms. The smallest absolute Gasteiger partial charge is 0.251 e. The first kappa shape index (κ1) is 40.8. The summed E-state index contributed by atoms with van der Waals surface area (Å²) in [5, 5.41) is 12.1. The van der Waals surface area contributed by atoms with Gasteiger partial charge in [-0.2, -0.15) is 5.26 Å². The Morgan fingerprint density at radius 3 is 2.56 bits per heavy atom. The highest BCUT2D eigenvalue weighted by atomic mass is 19.1. The van der Waals surface area contributed by atoms with Gasteiger partial charge < -0.3 is 29.8 Å². The average molecular weight is 742 g/mol. The summed E-state index contributed by atoms with van der Waals surface area (Å²) in [5.41, 5.74) is 9.00. The lowest BCUT2D eigenvalue weighted by molar-refractivity contribution is -0.0592. The van der Waals surface area contributed by atoms with Crippen LogP contribution in [0.1, 0.15) is 106 Å². The van der Waals surface area contributed by atoms with Gasteiger partial charge in [-0.1, -0.05) is 26.0 Å². The maximum absolute atomic E-state index is 14.4. The molecule has 2 aliphatic rings. The number of nitrogens with zero attached hydrogens (tertiary/aromatic N) is 5. The van der Waals surface area contributed by atoms with E-state index >= 15 is 0 Å². The molecule has 2 atom stereocenters. The summed E-state index contributed by atoms with van der Waals surface area (Å²) in [4.78, 5) is 25.8. The average Bonchev–Trinajstić information content (AvgIpc) is 3.27. The molecule has 2 unspecified atom stereocenters. The second kappa shape index (κ2) is 18.3. The number of rotatable bonds is 14. The molecule has 2 fully saturated rings. The topological polar surface area (TPSA) is 141 Å². The van der Waals surface area contributed by atoms with Crippen molar-refractivity contribution in [3.05, 3.63) is 88.6 Å².